The number of fused-ring (bicyclic) bond motifs is 1. The molecule has 0 aliphatic carbocycles. The van der Waals surface area contributed by atoms with E-state index in [1.807, 2.05) is 24.3 Å². The number of hydrogen-bond acceptors (Lipinski definition) is 3. The van der Waals surface area contributed by atoms with Crippen LogP contribution in [0, 0.1) is 5.41 Å². The maximum atomic E-state index is 12.4. The topological polar surface area (TPSA) is 47.6 Å². The minimum absolute atomic E-state index is 0.0720. The van der Waals surface area contributed by atoms with Crippen molar-refractivity contribution >= 4 is 20.6 Å². The molecule has 4 nitrogen and oxygen atoms in total. The first kappa shape index (κ1) is 16.0. The van der Waals surface area contributed by atoms with Gasteiger partial charge in [0, 0.05) is 0 Å². The Kier molecular flexibility index (Phi) is 4.73. The molecular weight excluding hydrogens is 282 g/mol. The second-order valence-corrected chi connectivity index (χ2v) is 8.91. The molecule has 1 aromatic rings. The second-order valence-electron chi connectivity index (χ2n) is 6.85. The van der Waals surface area contributed by atoms with Gasteiger partial charge in [-0.1, -0.05) is 32.9 Å². The van der Waals surface area contributed by atoms with E-state index in [1.165, 1.54) is 0 Å². The van der Waals surface area contributed by atoms with Gasteiger partial charge in [0.25, 0.3) is 5.91 Å². The largest absolute Gasteiger partial charge is 0.476 e. The van der Waals surface area contributed by atoms with Gasteiger partial charge in [-0.25, -0.2) is 0 Å². The molecule has 0 aromatic heterocycles. The van der Waals surface area contributed by atoms with Gasteiger partial charge in [-0.15, -0.1) is 0 Å². The third-order valence-electron chi connectivity index (χ3n) is 3.20. The number of carbonyl (C=O) groups excluding carboxylic acids is 1. The van der Waals surface area contributed by atoms with Crippen LogP contribution in [0.25, 0.3) is 0 Å². The number of benzene rings is 1. The van der Waals surface area contributed by atoms with Gasteiger partial charge in [0.1, 0.15) is 5.75 Å². The minimum atomic E-state index is -0.913. The third-order valence-corrected chi connectivity index (χ3v) is 3.97. The van der Waals surface area contributed by atoms with E-state index in [2.05, 4.69) is 39.2 Å². The summed E-state index contributed by atoms with van der Waals surface area (Å²) in [5.41, 5.74) is 0.801. The van der Waals surface area contributed by atoms with Gasteiger partial charge in [-0.05, 0) is 37.1 Å². The zero-order valence-corrected chi connectivity index (χ0v) is 14.4. The Morgan fingerprint density at radius 1 is 1.33 bits per heavy atom. The highest BCUT2D eigenvalue weighted by Crippen LogP contribution is 2.33. The predicted molar refractivity (Wildman–Crippen MR) is 85.9 cm³/mol. The van der Waals surface area contributed by atoms with E-state index in [-0.39, 0.29) is 17.4 Å². The lowest BCUT2D eigenvalue weighted by atomic mass is 9.87. The fraction of sp³-hybridized carbons (Fsp3) is 0.562. The highest BCUT2D eigenvalue weighted by molar-refractivity contribution is 6.48. The fourth-order valence-electron chi connectivity index (χ4n) is 2.43. The van der Waals surface area contributed by atoms with Crippen LogP contribution in [-0.4, -0.2) is 27.2 Å². The summed E-state index contributed by atoms with van der Waals surface area (Å²) in [4.78, 5) is 12.4. The van der Waals surface area contributed by atoms with Crippen LogP contribution in [0.1, 0.15) is 27.2 Å². The quantitative estimate of drug-likeness (QED) is 0.867. The molecule has 0 fully saturated rings. The lowest BCUT2D eigenvalue weighted by molar-refractivity contribution is -0.128. The molecular formula is C16H24NO3Si. The van der Waals surface area contributed by atoms with E-state index in [1.54, 1.807) is 0 Å². The number of nitrogens with one attached hydrogen (secondary N) is 1. The van der Waals surface area contributed by atoms with Crippen molar-refractivity contribution in [2.75, 3.05) is 5.32 Å². The number of carbonyl (C=O) groups is 1. The fourth-order valence-corrected chi connectivity index (χ4v) is 3.24. The first-order valence-electron chi connectivity index (χ1n) is 7.29. The summed E-state index contributed by atoms with van der Waals surface area (Å²) in [5, 5.41) is 2.92. The Balaban J connectivity index is 2.22. The molecule has 2 atom stereocenters. The second kappa shape index (κ2) is 6.20. The molecule has 2 rings (SSSR count). The van der Waals surface area contributed by atoms with Crippen LogP contribution in [0.5, 0.6) is 5.75 Å². The molecule has 0 saturated heterocycles. The van der Waals surface area contributed by atoms with Crippen LogP contribution in [0.4, 0.5) is 5.69 Å². The number of para-hydroxylation sites is 2. The zero-order valence-electron chi connectivity index (χ0n) is 13.4. The van der Waals surface area contributed by atoms with Crippen LogP contribution < -0.4 is 10.1 Å². The van der Waals surface area contributed by atoms with Crippen molar-refractivity contribution in [2.45, 2.75) is 52.5 Å². The van der Waals surface area contributed by atoms with Crippen molar-refractivity contribution in [3.63, 3.8) is 0 Å². The van der Waals surface area contributed by atoms with Gasteiger partial charge in [0.2, 0.25) is 15.1 Å². The van der Waals surface area contributed by atoms with Gasteiger partial charge >= 0.3 is 0 Å². The Morgan fingerprint density at radius 3 is 2.62 bits per heavy atom. The van der Waals surface area contributed by atoms with E-state index in [9.17, 15) is 4.79 Å². The van der Waals surface area contributed by atoms with Crippen LogP contribution in [0.2, 0.25) is 13.1 Å². The maximum absolute atomic E-state index is 12.4. The lowest BCUT2D eigenvalue weighted by Crippen LogP contribution is -2.49. The molecule has 1 aliphatic rings. The number of anilines is 1. The zero-order chi connectivity index (χ0) is 15.6. The van der Waals surface area contributed by atoms with Crippen molar-refractivity contribution in [3.05, 3.63) is 24.3 Å². The van der Waals surface area contributed by atoms with Gasteiger partial charge in [0.05, 0.1) is 11.8 Å². The average Bonchev–Trinajstić information content (AvgIpc) is 2.34. The normalized spacial score (nSPS) is 19.7. The van der Waals surface area contributed by atoms with E-state index < -0.39 is 15.1 Å². The summed E-state index contributed by atoms with van der Waals surface area (Å²) in [6.07, 6.45) is -0.0235. The highest BCUT2D eigenvalue weighted by atomic mass is 28.3. The summed E-state index contributed by atoms with van der Waals surface area (Å²) < 4.78 is 12.0. The molecule has 1 N–H and O–H groups in total. The molecule has 2 unspecified atom stereocenters. The maximum Gasteiger partial charge on any atom is 0.268 e. The van der Waals surface area contributed by atoms with Crippen molar-refractivity contribution in [3.8, 4) is 5.75 Å². The molecule has 0 bridgehead atoms. The molecule has 1 aliphatic heterocycles. The Morgan fingerprint density at radius 2 is 2.00 bits per heavy atom. The van der Waals surface area contributed by atoms with Crippen LogP contribution in [0.15, 0.2) is 24.3 Å². The van der Waals surface area contributed by atoms with E-state index in [0.29, 0.717) is 5.75 Å². The van der Waals surface area contributed by atoms with Gasteiger partial charge < -0.3 is 14.5 Å². The Bertz CT molecular complexity index is 510. The standard InChI is InChI=1S/C16H24NO3Si/c1-16(2,3)10-13(20-21(4)5)14-15(18)17-11-8-6-7-9-12(11)19-14/h6-9,13-14H,10H2,1-5H3,(H,17,18). The monoisotopic (exact) mass is 306 g/mol. The van der Waals surface area contributed by atoms with E-state index in [0.717, 1.165) is 12.1 Å². The van der Waals surface area contributed by atoms with Gasteiger partial charge in [0.15, 0.2) is 0 Å². The molecule has 0 saturated carbocycles. The van der Waals surface area contributed by atoms with Crippen molar-refractivity contribution < 1.29 is 14.0 Å². The summed E-state index contributed by atoms with van der Waals surface area (Å²) >= 11 is 0. The summed E-state index contributed by atoms with van der Waals surface area (Å²) in [6.45, 7) is 10.6. The van der Waals surface area contributed by atoms with E-state index in [4.69, 9.17) is 9.16 Å². The summed E-state index contributed by atoms with van der Waals surface area (Å²) in [7, 11) is -0.913. The van der Waals surface area contributed by atoms with E-state index >= 15 is 0 Å². The molecule has 21 heavy (non-hydrogen) atoms. The predicted octanol–water partition coefficient (Wildman–Crippen LogP) is 3.46. The molecule has 1 amide bonds. The first-order valence-corrected chi connectivity index (χ1v) is 9.70. The molecule has 1 radical (unpaired) electrons. The molecule has 1 aromatic carbocycles. The van der Waals surface area contributed by atoms with Crippen molar-refractivity contribution in [2.24, 2.45) is 5.41 Å². The van der Waals surface area contributed by atoms with Crippen LogP contribution in [0.3, 0.4) is 0 Å². The third kappa shape index (κ3) is 4.31. The first-order chi connectivity index (χ1) is 9.76. The van der Waals surface area contributed by atoms with Crippen molar-refractivity contribution in [1.29, 1.82) is 0 Å². The number of hydrogen-bond donors (Lipinski definition) is 1. The minimum Gasteiger partial charge on any atom is -0.476 e. The molecule has 115 valence electrons. The van der Waals surface area contributed by atoms with Crippen molar-refractivity contribution in [1.82, 2.24) is 0 Å². The summed E-state index contributed by atoms with van der Waals surface area (Å²) in [5.74, 6) is 0.594. The smallest absolute Gasteiger partial charge is 0.268 e. The van der Waals surface area contributed by atoms with Gasteiger partial charge in [-0.3, -0.25) is 4.79 Å². The molecule has 0 spiro atoms. The average molecular weight is 306 g/mol. The highest BCUT2D eigenvalue weighted by Gasteiger charge is 2.37. The number of amides is 1. The van der Waals surface area contributed by atoms with Gasteiger partial charge in [-0.2, -0.15) is 0 Å². The van der Waals surface area contributed by atoms with Crippen LogP contribution in [-0.2, 0) is 9.22 Å². The number of rotatable bonds is 4. The Hall–Kier alpha value is -1.33. The Labute approximate surface area is 128 Å². The lowest BCUT2D eigenvalue weighted by Gasteiger charge is -2.35. The molecule has 5 heteroatoms. The van der Waals surface area contributed by atoms with Crippen LogP contribution >= 0.6 is 0 Å². The number of ether oxygens (including phenoxy) is 1. The summed E-state index contributed by atoms with van der Waals surface area (Å²) in [6, 6.07) is 7.50. The molecule has 1 heterocycles. The SMILES string of the molecule is C[Si](C)OC(CC(C)(C)C)C1Oc2ccccc2NC1=O.